The standard InChI is InChI=1S/C42H44N6O2/c1-6-32-35(23-43-21-30-17-15-28-11-9-13-38(49)41(28)47-30)33(7-2)37(25-45-40-20-26(4)19-27(5)46-40)34(8-3)36(32)24-44-22-31-18-16-29-12-10-14-39(50)42(29)48-31/h9-22,49-50H,6-8,23-25H2,1-5H3,(H,45,46). The quantitative estimate of drug-likeness (QED) is 0.113. The first-order valence-corrected chi connectivity index (χ1v) is 17.3. The second-order valence-corrected chi connectivity index (χ2v) is 12.6. The molecule has 0 bridgehead atoms. The summed E-state index contributed by atoms with van der Waals surface area (Å²) >= 11 is 0. The number of aromatic nitrogens is 3. The molecule has 0 fully saturated rings. The van der Waals surface area contributed by atoms with E-state index in [2.05, 4.69) is 55.1 Å². The van der Waals surface area contributed by atoms with Crippen LogP contribution < -0.4 is 5.32 Å². The van der Waals surface area contributed by atoms with Crippen LogP contribution in [0.1, 0.15) is 76.8 Å². The Morgan fingerprint density at radius 1 is 0.600 bits per heavy atom. The van der Waals surface area contributed by atoms with Crippen LogP contribution >= 0.6 is 0 Å². The maximum Gasteiger partial charge on any atom is 0.141 e. The van der Waals surface area contributed by atoms with Crippen LogP contribution in [0, 0.1) is 13.8 Å². The highest BCUT2D eigenvalue weighted by atomic mass is 16.3. The summed E-state index contributed by atoms with van der Waals surface area (Å²) in [5, 5.41) is 26.1. The fraction of sp³-hybridized carbons (Fsp3) is 0.262. The third-order valence-electron chi connectivity index (χ3n) is 9.18. The van der Waals surface area contributed by atoms with E-state index in [1.165, 1.54) is 38.9 Å². The van der Waals surface area contributed by atoms with Crippen molar-refractivity contribution in [3.05, 3.63) is 129 Å². The third kappa shape index (κ3) is 7.34. The number of pyridine rings is 3. The predicted molar refractivity (Wildman–Crippen MR) is 205 cm³/mol. The van der Waals surface area contributed by atoms with Crippen molar-refractivity contribution in [2.75, 3.05) is 5.32 Å². The molecule has 0 aliphatic heterocycles. The summed E-state index contributed by atoms with van der Waals surface area (Å²) in [4.78, 5) is 24.0. The number of phenolic OH excluding ortho intramolecular Hbond substituents is 2. The Hall–Kier alpha value is -5.63. The topological polar surface area (TPSA) is 116 Å². The molecule has 8 nitrogen and oxygen atoms in total. The SMILES string of the molecule is CCc1c(CN=Cc2ccc3cccc(O)c3n2)c(CC)c(CNc2cc(C)cc(C)n2)c(CC)c1CN=Cc1ccc2cccc(O)c2n1. The minimum absolute atomic E-state index is 0.158. The Bertz CT molecular complexity index is 2090. The van der Waals surface area contributed by atoms with Gasteiger partial charge in [-0.15, -0.1) is 0 Å². The van der Waals surface area contributed by atoms with Crippen LogP contribution in [0.25, 0.3) is 21.8 Å². The Labute approximate surface area is 293 Å². The first kappa shape index (κ1) is 34.2. The highest BCUT2D eigenvalue weighted by Gasteiger charge is 2.21. The lowest BCUT2D eigenvalue weighted by molar-refractivity contribution is 0.480. The molecule has 50 heavy (non-hydrogen) atoms. The molecule has 6 aromatic rings. The van der Waals surface area contributed by atoms with Gasteiger partial charge in [0.1, 0.15) is 28.4 Å². The van der Waals surface area contributed by atoms with Crippen molar-refractivity contribution in [1.82, 2.24) is 15.0 Å². The number of aliphatic imine (C=N–C) groups is 2. The number of nitrogens with zero attached hydrogens (tertiary/aromatic N) is 5. The normalized spacial score (nSPS) is 11.8. The first-order chi connectivity index (χ1) is 24.3. The molecule has 0 saturated carbocycles. The molecule has 0 aliphatic carbocycles. The van der Waals surface area contributed by atoms with E-state index in [4.69, 9.17) is 15.0 Å². The molecule has 0 amide bonds. The molecular weight excluding hydrogens is 621 g/mol. The number of aromatic hydroxyl groups is 2. The maximum absolute atomic E-state index is 10.4. The predicted octanol–water partition coefficient (Wildman–Crippen LogP) is 8.74. The molecule has 3 aromatic heterocycles. The monoisotopic (exact) mass is 664 g/mol. The van der Waals surface area contributed by atoms with E-state index in [-0.39, 0.29) is 11.5 Å². The van der Waals surface area contributed by atoms with Gasteiger partial charge in [0.05, 0.1) is 24.5 Å². The molecular formula is C42H44N6O2. The van der Waals surface area contributed by atoms with Gasteiger partial charge < -0.3 is 15.5 Å². The second-order valence-electron chi connectivity index (χ2n) is 12.6. The molecule has 8 heteroatoms. The Morgan fingerprint density at radius 3 is 1.58 bits per heavy atom. The van der Waals surface area contributed by atoms with Crippen molar-refractivity contribution >= 4 is 40.1 Å². The van der Waals surface area contributed by atoms with Gasteiger partial charge in [-0.2, -0.15) is 0 Å². The number of hydrogen-bond donors (Lipinski definition) is 3. The van der Waals surface area contributed by atoms with E-state index >= 15 is 0 Å². The minimum Gasteiger partial charge on any atom is -0.506 e. The van der Waals surface area contributed by atoms with Crippen LogP contribution in [0.3, 0.4) is 0 Å². The fourth-order valence-electron chi connectivity index (χ4n) is 6.98. The molecule has 3 N–H and O–H groups in total. The molecule has 3 aromatic carbocycles. The average molecular weight is 665 g/mol. The number of benzene rings is 3. The van der Waals surface area contributed by atoms with E-state index in [1.807, 2.05) is 55.5 Å². The van der Waals surface area contributed by atoms with Gasteiger partial charge in [-0.05, 0) is 108 Å². The second kappa shape index (κ2) is 15.3. The Morgan fingerprint density at radius 2 is 1.10 bits per heavy atom. The van der Waals surface area contributed by atoms with Crippen LogP contribution in [0.4, 0.5) is 5.82 Å². The lowest BCUT2D eigenvalue weighted by Gasteiger charge is -2.25. The van der Waals surface area contributed by atoms with Gasteiger partial charge in [0, 0.05) is 35.4 Å². The summed E-state index contributed by atoms with van der Waals surface area (Å²) in [7, 11) is 0. The van der Waals surface area contributed by atoms with Crippen molar-refractivity contribution in [1.29, 1.82) is 0 Å². The molecule has 3 heterocycles. The zero-order valence-corrected chi connectivity index (χ0v) is 29.5. The smallest absolute Gasteiger partial charge is 0.141 e. The van der Waals surface area contributed by atoms with Gasteiger partial charge in [-0.25, -0.2) is 15.0 Å². The van der Waals surface area contributed by atoms with Crippen LogP contribution in [0.15, 0.2) is 82.8 Å². The van der Waals surface area contributed by atoms with Crippen molar-refractivity contribution in [2.45, 2.75) is 73.5 Å². The van der Waals surface area contributed by atoms with E-state index < -0.39 is 0 Å². The molecule has 0 unspecified atom stereocenters. The number of nitrogens with one attached hydrogen (secondary N) is 1. The van der Waals surface area contributed by atoms with Crippen LogP contribution in [0.2, 0.25) is 0 Å². The summed E-state index contributed by atoms with van der Waals surface area (Å²) in [5.74, 6) is 1.18. The average Bonchev–Trinajstić information content (AvgIpc) is 3.11. The summed E-state index contributed by atoms with van der Waals surface area (Å²) in [6, 6.07) is 22.8. The molecule has 6 rings (SSSR count). The van der Waals surface area contributed by atoms with Crippen LogP contribution in [0.5, 0.6) is 11.5 Å². The summed E-state index contributed by atoms with van der Waals surface area (Å²) in [5.41, 5.74) is 12.3. The van der Waals surface area contributed by atoms with E-state index in [0.717, 1.165) is 41.5 Å². The number of hydrogen-bond acceptors (Lipinski definition) is 8. The van der Waals surface area contributed by atoms with E-state index in [1.54, 1.807) is 24.6 Å². The number of fused-ring (bicyclic) bond motifs is 2. The highest BCUT2D eigenvalue weighted by Crippen LogP contribution is 2.33. The van der Waals surface area contributed by atoms with Crippen molar-refractivity contribution in [3.63, 3.8) is 0 Å². The zero-order chi connectivity index (χ0) is 35.2. The summed E-state index contributed by atoms with van der Waals surface area (Å²) in [6.45, 7) is 12.4. The molecule has 254 valence electrons. The molecule has 0 saturated heterocycles. The fourth-order valence-corrected chi connectivity index (χ4v) is 6.98. The van der Waals surface area contributed by atoms with Gasteiger partial charge in [0.25, 0.3) is 0 Å². The molecule has 0 aliphatic rings. The Kier molecular flexibility index (Phi) is 10.5. The number of para-hydroxylation sites is 2. The largest absolute Gasteiger partial charge is 0.506 e. The first-order valence-electron chi connectivity index (χ1n) is 17.3. The lowest BCUT2D eigenvalue weighted by Crippen LogP contribution is -2.15. The maximum atomic E-state index is 10.4. The number of rotatable bonds is 12. The van der Waals surface area contributed by atoms with Gasteiger partial charge in [0.2, 0.25) is 0 Å². The van der Waals surface area contributed by atoms with E-state index in [0.29, 0.717) is 42.1 Å². The third-order valence-corrected chi connectivity index (χ3v) is 9.18. The van der Waals surface area contributed by atoms with Crippen molar-refractivity contribution in [2.24, 2.45) is 9.98 Å². The minimum atomic E-state index is 0.158. The van der Waals surface area contributed by atoms with Gasteiger partial charge in [-0.3, -0.25) is 9.98 Å². The highest BCUT2D eigenvalue weighted by molar-refractivity contribution is 5.89. The number of anilines is 1. The van der Waals surface area contributed by atoms with Crippen molar-refractivity contribution in [3.8, 4) is 11.5 Å². The van der Waals surface area contributed by atoms with Crippen LogP contribution in [-0.4, -0.2) is 37.6 Å². The molecule has 0 radical (unpaired) electrons. The van der Waals surface area contributed by atoms with Gasteiger partial charge in [0.15, 0.2) is 0 Å². The number of aryl methyl sites for hydroxylation is 2. The molecule has 0 spiro atoms. The summed E-state index contributed by atoms with van der Waals surface area (Å²) in [6.07, 6.45) is 6.16. The molecule has 0 atom stereocenters. The van der Waals surface area contributed by atoms with Gasteiger partial charge in [-0.1, -0.05) is 57.2 Å². The zero-order valence-electron chi connectivity index (χ0n) is 29.5. The number of phenols is 2. The Balaban J connectivity index is 1.40. The lowest BCUT2D eigenvalue weighted by atomic mass is 9.83. The summed E-state index contributed by atoms with van der Waals surface area (Å²) < 4.78 is 0. The van der Waals surface area contributed by atoms with Crippen molar-refractivity contribution < 1.29 is 10.2 Å². The van der Waals surface area contributed by atoms with Gasteiger partial charge >= 0.3 is 0 Å². The van der Waals surface area contributed by atoms with E-state index in [9.17, 15) is 10.2 Å². The van der Waals surface area contributed by atoms with Crippen LogP contribution in [-0.2, 0) is 38.9 Å².